The summed E-state index contributed by atoms with van der Waals surface area (Å²) in [6.07, 6.45) is 0. The molecule has 106 valence electrons. The smallest absolute Gasteiger partial charge is 0.188 e. The van der Waals surface area contributed by atoms with Gasteiger partial charge >= 0.3 is 0 Å². The van der Waals surface area contributed by atoms with Crippen LogP contribution in [0, 0.1) is 0 Å². The maximum atomic E-state index is 11.4. The van der Waals surface area contributed by atoms with Crippen molar-refractivity contribution in [2.75, 3.05) is 12.4 Å². The lowest BCUT2D eigenvalue weighted by Crippen LogP contribution is -1.94. The van der Waals surface area contributed by atoms with Crippen LogP contribution >= 0.6 is 11.3 Å². The molecule has 0 spiro atoms. The summed E-state index contributed by atoms with van der Waals surface area (Å²) >= 11 is 1.56. The first-order chi connectivity index (χ1) is 10.2. The van der Waals surface area contributed by atoms with Gasteiger partial charge in [0.25, 0.3) is 0 Å². The van der Waals surface area contributed by atoms with Gasteiger partial charge in [0.15, 0.2) is 10.9 Å². The van der Waals surface area contributed by atoms with Gasteiger partial charge in [0.05, 0.1) is 17.3 Å². The van der Waals surface area contributed by atoms with Crippen LogP contribution in [-0.2, 0) is 0 Å². The number of carbonyl (C=O) groups is 1. The average Bonchev–Trinajstić information content (AvgIpc) is 2.88. The number of ether oxygens (including phenoxy) is 1. The summed E-state index contributed by atoms with van der Waals surface area (Å²) in [6.45, 7) is 1.56. The number of aromatic nitrogens is 1. The molecule has 0 saturated heterocycles. The van der Waals surface area contributed by atoms with E-state index in [0.717, 1.165) is 26.8 Å². The Morgan fingerprint density at radius 1 is 1.24 bits per heavy atom. The zero-order valence-electron chi connectivity index (χ0n) is 11.7. The highest BCUT2D eigenvalue weighted by Gasteiger charge is 2.06. The Kier molecular flexibility index (Phi) is 3.58. The fraction of sp³-hybridized carbons (Fsp3) is 0.125. The molecule has 1 aromatic heterocycles. The molecular formula is C16H14N2O2S. The molecule has 21 heavy (non-hydrogen) atoms. The first-order valence-electron chi connectivity index (χ1n) is 6.48. The van der Waals surface area contributed by atoms with E-state index in [9.17, 15) is 4.79 Å². The summed E-state index contributed by atoms with van der Waals surface area (Å²) in [4.78, 5) is 15.9. The van der Waals surface area contributed by atoms with Crippen LogP contribution in [0.3, 0.4) is 0 Å². The lowest BCUT2D eigenvalue weighted by molar-refractivity contribution is 0.101. The third-order valence-corrected chi connectivity index (χ3v) is 4.07. The van der Waals surface area contributed by atoms with Crippen LogP contribution in [0.1, 0.15) is 17.3 Å². The van der Waals surface area contributed by atoms with E-state index in [2.05, 4.69) is 10.3 Å². The third kappa shape index (κ3) is 2.87. The van der Waals surface area contributed by atoms with E-state index in [4.69, 9.17) is 4.74 Å². The molecule has 3 rings (SSSR count). The molecular weight excluding hydrogens is 284 g/mol. The largest absolute Gasteiger partial charge is 0.497 e. The summed E-state index contributed by atoms with van der Waals surface area (Å²) in [5, 5.41) is 4.03. The van der Waals surface area contributed by atoms with Crippen LogP contribution in [0.5, 0.6) is 5.75 Å². The van der Waals surface area contributed by atoms with Crippen molar-refractivity contribution in [3.63, 3.8) is 0 Å². The van der Waals surface area contributed by atoms with E-state index in [1.807, 2.05) is 36.4 Å². The lowest BCUT2D eigenvalue weighted by atomic mass is 10.1. The Labute approximate surface area is 126 Å². The summed E-state index contributed by atoms with van der Waals surface area (Å²) in [5.74, 6) is 0.839. The molecule has 1 N–H and O–H groups in total. The van der Waals surface area contributed by atoms with Gasteiger partial charge in [-0.15, -0.1) is 0 Å². The molecule has 0 fully saturated rings. The molecule has 2 aromatic carbocycles. The molecule has 0 amide bonds. The third-order valence-electron chi connectivity index (χ3n) is 3.12. The van der Waals surface area contributed by atoms with E-state index < -0.39 is 0 Å². The van der Waals surface area contributed by atoms with Crippen molar-refractivity contribution in [3.8, 4) is 5.75 Å². The van der Waals surface area contributed by atoms with Crippen molar-refractivity contribution in [3.05, 3.63) is 48.0 Å². The molecule has 0 unspecified atom stereocenters. The lowest BCUT2D eigenvalue weighted by Gasteiger charge is -2.03. The van der Waals surface area contributed by atoms with Gasteiger partial charge in [0.1, 0.15) is 5.75 Å². The normalized spacial score (nSPS) is 10.6. The second-order valence-electron chi connectivity index (χ2n) is 4.61. The highest BCUT2D eigenvalue weighted by atomic mass is 32.1. The Morgan fingerprint density at radius 3 is 2.86 bits per heavy atom. The molecule has 5 heteroatoms. The number of carbonyl (C=O) groups excluding carboxylic acids is 1. The number of hydrogen-bond acceptors (Lipinski definition) is 5. The van der Waals surface area contributed by atoms with E-state index >= 15 is 0 Å². The van der Waals surface area contributed by atoms with Gasteiger partial charge in [0.2, 0.25) is 0 Å². The van der Waals surface area contributed by atoms with E-state index in [0.29, 0.717) is 5.56 Å². The van der Waals surface area contributed by atoms with Crippen molar-refractivity contribution in [1.82, 2.24) is 4.98 Å². The standard InChI is InChI=1S/C16H14N2O2S/c1-10(19)11-4-3-5-12(8-11)17-16-18-14-9-13(20-2)6-7-15(14)21-16/h3-9H,1-2H3,(H,17,18). The van der Waals surface area contributed by atoms with Crippen LogP contribution in [0.4, 0.5) is 10.8 Å². The number of methoxy groups -OCH3 is 1. The van der Waals surface area contributed by atoms with E-state index in [1.165, 1.54) is 0 Å². The molecule has 3 aromatic rings. The number of hydrogen-bond donors (Lipinski definition) is 1. The number of fused-ring (bicyclic) bond motifs is 1. The van der Waals surface area contributed by atoms with Crippen molar-refractivity contribution in [1.29, 1.82) is 0 Å². The second-order valence-corrected chi connectivity index (χ2v) is 5.65. The zero-order valence-corrected chi connectivity index (χ0v) is 12.5. The topological polar surface area (TPSA) is 51.2 Å². The molecule has 1 heterocycles. The molecule has 0 aliphatic rings. The molecule has 0 aliphatic heterocycles. The molecule has 0 aliphatic carbocycles. The summed E-state index contributed by atoms with van der Waals surface area (Å²) in [5.41, 5.74) is 2.43. The van der Waals surface area contributed by atoms with Crippen LogP contribution in [0.2, 0.25) is 0 Å². The van der Waals surface area contributed by atoms with Gasteiger partial charge in [-0.25, -0.2) is 4.98 Å². The van der Waals surface area contributed by atoms with Crippen molar-refractivity contribution in [2.45, 2.75) is 6.92 Å². The summed E-state index contributed by atoms with van der Waals surface area (Å²) in [7, 11) is 1.64. The number of thiazole rings is 1. The summed E-state index contributed by atoms with van der Waals surface area (Å²) < 4.78 is 6.28. The number of Topliss-reactive ketones (excluding diaryl/α,β-unsaturated/α-hetero) is 1. The van der Waals surface area contributed by atoms with Crippen molar-refractivity contribution >= 4 is 38.2 Å². The highest BCUT2D eigenvalue weighted by Crippen LogP contribution is 2.30. The molecule has 0 saturated carbocycles. The number of ketones is 1. The number of nitrogens with zero attached hydrogens (tertiary/aromatic N) is 1. The maximum Gasteiger partial charge on any atom is 0.188 e. The minimum atomic E-state index is 0.0488. The van der Waals surface area contributed by atoms with Gasteiger partial charge < -0.3 is 10.1 Å². The van der Waals surface area contributed by atoms with Gasteiger partial charge in [-0.05, 0) is 31.2 Å². The minimum Gasteiger partial charge on any atom is -0.497 e. The molecule has 0 radical (unpaired) electrons. The van der Waals surface area contributed by atoms with Crippen molar-refractivity contribution < 1.29 is 9.53 Å². The van der Waals surface area contributed by atoms with Crippen molar-refractivity contribution in [2.24, 2.45) is 0 Å². The predicted octanol–water partition coefficient (Wildman–Crippen LogP) is 4.25. The summed E-state index contributed by atoms with van der Waals surface area (Å²) in [6, 6.07) is 13.2. The first kappa shape index (κ1) is 13.6. The fourth-order valence-corrected chi connectivity index (χ4v) is 2.89. The maximum absolute atomic E-state index is 11.4. The average molecular weight is 298 g/mol. The number of nitrogens with one attached hydrogen (secondary N) is 1. The molecule has 0 bridgehead atoms. The Bertz CT molecular complexity index is 811. The number of benzene rings is 2. The first-order valence-corrected chi connectivity index (χ1v) is 7.30. The van der Waals surface area contributed by atoms with Gasteiger partial charge in [0, 0.05) is 17.3 Å². The SMILES string of the molecule is COc1ccc2sc(Nc3cccc(C(C)=O)c3)nc2c1. The van der Waals surface area contributed by atoms with Gasteiger partial charge in [-0.2, -0.15) is 0 Å². The Hall–Kier alpha value is -2.40. The molecule has 4 nitrogen and oxygen atoms in total. The Morgan fingerprint density at radius 2 is 2.10 bits per heavy atom. The number of rotatable bonds is 4. The number of anilines is 2. The van der Waals surface area contributed by atoms with Crippen LogP contribution < -0.4 is 10.1 Å². The van der Waals surface area contributed by atoms with E-state index in [1.54, 1.807) is 31.4 Å². The second kappa shape index (κ2) is 5.54. The zero-order chi connectivity index (χ0) is 14.8. The highest BCUT2D eigenvalue weighted by molar-refractivity contribution is 7.22. The predicted molar refractivity (Wildman–Crippen MR) is 85.9 cm³/mol. The molecule has 0 atom stereocenters. The van der Waals surface area contributed by atoms with E-state index in [-0.39, 0.29) is 5.78 Å². The van der Waals surface area contributed by atoms with Gasteiger partial charge in [-0.3, -0.25) is 4.79 Å². The quantitative estimate of drug-likeness (QED) is 0.731. The fourth-order valence-electron chi connectivity index (χ4n) is 2.03. The Balaban J connectivity index is 1.91. The van der Waals surface area contributed by atoms with Gasteiger partial charge in [-0.1, -0.05) is 23.5 Å². The van der Waals surface area contributed by atoms with Crippen LogP contribution in [0.15, 0.2) is 42.5 Å². The monoisotopic (exact) mass is 298 g/mol. The minimum absolute atomic E-state index is 0.0488. The van der Waals surface area contributed by atoms with Crippen LogP contribution in [-0.4, -0.2) is 17.9 Å². The van der Waals surface area contributed by atoms with Crippen LogP contribution in [0.25, 0.3) is 10.2 Å².